The zero-order valence-corrected chi connectivity index (χ0v) is 18.0. The van der Waals surface area contributed by atoms with Gasteiger partial charge in [-0.15, -0.1) is 0 Å². The van der Waals surface area contributed by atoms with Gasteiger partial charge in [-0.05, 0) is 19.8 Å². The normalized spacial score (nSPS) is 11.3. The lowest BCUT2D eigenvalue weighted by molar-refractivity contribution is 0.531. The molecule has 0 radical (unpaired) electrons. The smallest absolute Gasteiger partial charge is 0.127 e. The van der Waals surface area contributed by atoms with E-state index in [9.17, 15) is 0 Å². The molecule has 0 saturated heterocycles. The molecular weight excluding hydrogens is 318 g/mol. The van der Waals surface area contributed by atoms with E-state index in [0.717, 1.165) is 24.4 Å². The van der Waals surface area contributed by atoms with E-state index in [1.165, 1.54) is 102 Å². The molecule has 3 nitrogen and oxygen atoms in total. The minimum Gasteiger partial charge on any atom is -0.338 e. The van der Waals surface area contributed by atoms with E-state index in [0.29, 0.717) is 0 Å². The van der Waals surface area contributed by atoms with Gasteiger partial charge in [-0.2, -0.15) is 0 Å². The number of nitrogens with two attached hydrogens (primary N) is 1. The summed E-state index contributed by atoms with van der Waals surface area (Å²) < 4.78 is 1.82. The maximum atomic E-state index is 6.13. The van der Waals surface area contributed by atoms with Crippen LogP contribution >= 0.6 is 0 Å². The summed E-state index contributed by atoms with van der Waals surface area (Å²) in [6, 6.07) is 0. The maximum absolute atomic E-state index is 6.13. The van der Waals surface area contributed by atoms with Crippen LogP contribution < -0.4 is 5.84 Å². The second-order valence-electron chi connectivity index (χ2n) is 7.98. The first-order chi connectivity index (χ1) is 12.7. The van der Waals surface area contributed by atoms with Gasteiger partial charge >= 0.3 is 0 Å². The lowest BCUT2D eigenvalue weighted by atomic mass is 10.0. The highest BCUT2D eigenvalue weighted by Crippen LogP contribution is 2.15. The van der Waals surface area contributed by atoms with Crippen LogP contribution in [0.15, 0.2) is 0 Å². The van der Waals surface area contributed by atoms with Crippen LogP contribution in [0.1, 0.15) is 127 Å². The zero-order valence-electron chi connectivity index (χ0n) is 18.0. The van der Waals surface area contributed by atoms with Gasteiger partial charge in [-0.3, -0.25) is 4.68 Å². The molecule has 3 heteroatoms. The third kappa shape index (κ3) is 9.64. The predicted molar refractivity (Wildman–Crippen MR) is 115 cm³/mol. The molecule has 0 fully saturated rings. The molecule has 1 aromatic heterocycles. The van der Waals surface area contributed by atoms with Crippen molar-refractivity contribution in [2.45, 2.75) is 130 Å². The van der Waals surface area contributed by atoms with E-state index >= 15 is 0 Å². The highest BCUT2D eigenvalue weighted by Gasteiger charge is 2.09. The van der Waals surface area contributed by atoms with Gasteiger partial charge < -0.3 is 5.84 Å². The number of imidazole rings is 1. The SMILES string of the molecule is CCCCCCCCCCCCCCCCCc1nc(C)c(CC)n1N. The summed E-state index contributed by atoms with van der Waals surface area (Å²) in [7, 11) is 0. The van der Waals surface area contributed by atoms with Gasteiger partial charge in [-0.25, -0.2) is 4.98 Å². The number of hydrogen-bond acceptors (Lipinski definition) is 2. The van der Waals surface area contributed by atoms with Gasteiger partial charge in [0.05, 0.1) is 11.4 Å². The summed E-state index contributed by atoms with van der Waals surface area (Å²) in [5, 5.41) is 0. The molecule has 0 aromatic carbocycles. The van der Waals surface area contributed by atoms with Crippen LogP contribution in [0.3, 0.4) is 0 Å². The van der Waals surface area contributed by atoms with Crippen molar-refractivity contribution in [1.29, 1.82) is 0 Å². The Labute approximate surface area is 163 Å². The number of aromatic nitrogens is 2. The minimum absolute atomic E-state index is 0.966. The second kappa shape index (κ2) is 15.1. The van der Waals surface area contributed by atoms with Gasteiger partial charge in [0.2, 0.25) is 0 Å². The average Bonchev–Trinajstić information content (AvgIpc) is 2.91. The molecule has 0 bridgehead atoms. The first-order valence-electron chi connectivity index (χ1n) is 11.5. The zero-order chi connectivity index (χ0) is 19.0. The quantitative estimate of drug-likeness (QED) is 0.242. The van der Waals surface area contributed by atoms with E-state index in [1.54, 1.807) is 0 Å². The highest BCUT2D eigenvalue weighted by molar-refractivity contribution is 5.16. The monoisotopic (exact) mass is 363 g/mol. The maximum Gasteiger partial charge on any atom is 0.127 e. The van der Waals surface area contributed by atoms with E-state index in [4.69, 9.17) is 5.84 Å². The molecule has 0 aliphatic heterocycles. The molecule has 0 unspecified atom stereocenters. The molecule has 0 amide bonds. The number of unbranched alkanes of at least 4 members (excludes halogenated alkanes) is 14. The van der Waals surface area contributed by atoms with E-state index in [2.05, 4.69) is 25.8 Å². The van der Waals surface area contributed by atoms with Crippen LogP contribution in [0.2, 0.25) is 0 Å². The summed E-state index contributed by atoms with van der Waals surface area (Å²) in [5.41, 5.74) is 2.28. The van der Waals surface area contributed by atoms with Crippen LogP contribution in [0.25, 0.3) is 0 Å². The molecular formula is C23H45N3. The predicted octanol–water partition coefficient (Wildman–Crippen LogP) is 6.88. The molecule has 0 aliphatic rings. The fraction of sp³-hybridized carbons (Fsp3) is 0.870. The molecule has 0 spiro atoms. The topological polar surface area (TPSA) is 43.8 Å². The van der Waals surface area contributed by atoms with Gasteiger partial charge in [0.15, 0.2) is 0 Å². The summed E-state index contributed by atoms with van der Waals surface area (Å²) in [6.45, 7) is 6.50. The summed E-state index contributed by atoms with van der Waals surface area (Å²) in [5.74, 6) is 7.19. The number of rotatable bonds is 17. The van der Waals surface area contributed by atoms with Crippen molar-refractivity contribution in [2.75, 3.05) is 5.84 Å². The van der Waals surface area contributed by atoms with Gasteiger partial charge in [0.25, 0.3) is 0 Å². The molecule has 0 saturated carbocycles. The molecule has 1 rings (SSSR count). The molecule has 0 aliphatic carbocycles. The van der Waals surface area contributed by atoms with Gasteiger partial charge in [-0.1, -0.05) is 104 Å². The van der Waals surface area contributed by atoms with E-state index in [1.807, 2.05) is 4.68 Å². The van der Waals surface area contributed by atoms with Crippen molar-refractivity contribution in [3.63, 3.8) is 0 Å². The fourth-order valence-electron chi connectivity index (χ4n) is 3.90. The largest absolute Gasteiger partial charge is 0.338 e. The number of nitrogens with zero attached hydrogens (tertiary/aromatic N) is 2. The minimum atomic E-state index is 0.966. The standard InChI is InChI=1S/C23H45N3/c1-4-6-7-8-9-10-11-12-13-14-15-16-17-18-19-20-23-25-21(3)22(5-2)26(23)24/h4-20,24H2,1-3H3. The van der Waals surface area contributed by atoms with Crippen molar-refractivity contribution in [2.24, 2.45) is 0 Å². The van der Waals surface area contributed by atoms with Crippen molar-refractivity contribution >= 4 is 0 Å². The van der Waals surface area contributed by atoms with Crippen LogP contribution in [0.5, 0.6) is 0 Å². The molecule has 152 valence electrons. The first kappa shape index (κ1) is 23.0. The fourth-order valence-corrected chi connectivity index (χ4v) is 3.90. The van der Waals surface area contributed by atoms with Crippen molar-refractivity contribution in [3.8, 4) is 0 Å². The Kier molecular flexibility index (Phi) is 13.4. The highest BCUT2D eigenvalue weighted by atomic mass is 15.3. The lowest BCUT2D eigenvalue weighted by Gasteiger charge is -2.05. The van der Waals surface area contributed by atoms with Crippen molar-refractivity contribution in [3.05, 3.63) is 17.2 Å². The van der Waals surface area contributed by atoms with E-state index in [-0.39, 0.29) is 0 Å². The second-order valence-corrected chi connectivity index (χ2v) is 7.98. The Hall–Kier alpha value is -0.990. The van der Waals surface area contributed by atoms with E-state index < -0.39 is 0 Å². The molecule has 1 aromatic rings. The summed E-state index contributed by atoms with van der Waals surface area (Å²) >= 11 is 0. The summed E-state index contributed by atoms with van der Waals surface area (Å²) in [4.78, 5) is 4.62. The Morgan fingerprint density at radius 1 is 0.692 bits per heavy atom. The number of hydrogen-bond donors (Lipinski definition) is 1. The lowest BCUT2D eigenvalue weighted by Crippen LogP contribution is -2.15. The Balaban J connectivity index is 1.87. The van der Waals surface area contributed by atoms with Gasteiger partial charge in [0, 0.05) is 6.42 Å². The summed E-state index contributed by atoms with van der Waals surface area (Å²) in [6.07, 6.45) is 23.1. The van der Waals surface area contributed by atoms with Gasteiger partial charge in [0.1, 0.15) is 5.82 Å². The first-order valence-corrected chi connectivity index (χ1v) is 11.5. The van der Waals surface area contributed by atoms with Crippen LogP contribution in [0.4, 0.5) is 0 Å². The van der Waals surface area contributed by atoms with Crippen LogP contribution in [-0.4, -0.2) is 9.66 Å². The number of nitrogen functional groups attached to an aromatic ring is 1. The Morgan fingerprint density at radius 2 is 1.12 bits per heavy atom. The number of aryl methyl sites for hydroxylation is 2. The molecule has 2 N–H and O–H groups in total. The molecule has 1 heterocycles. The van der Waals surface area contributed by atoms with Crippen LogP contribution in [-0.2, 0) is 12.8 Å². The Bertz CT molecular complexity index is 451. The van der Waals surface area contributed by atoms with Crippen LogP contribution in [0, 0.1) is 6.92 Å². The third-order valence-corrected chi connectivity index (χ3v) is 5.62. The molecule has 0 atom stereocenters. The Morgan fingerprint density at radius 3 is 1.50 bits per heavy atom. The third-order valence-electron chi connectivity index (χ3n) is 5.62. The molecule has 26 heavy (non-hydrogen) atoms. The van der Waals surface area contributed by atoms with Crippen molar-refractivity contribution in [1.82, 2.24) is 9.66 Å². The average molecular weight is 364 g/mol. The van der Waals surface area contributed by atoms with Crippen molar-refractivity contribution < 1.29 is 0 Å².